The Hall–Kier alpha value is -4.21. The number of carbonyl (C=O) groups is 1. The normalized spacial score (nSPS) is 13.3. The lowest BCUT2D eigenvalue weighted by Gasteiger charge is -2.21. The van der Waals surface area contributed by atoms with Gasteiger partial charge in [-0.05, 0) is 95.8 Å². The summed E-state index contributed by atoms with van der Waals surface area (Å²) in [5, 5.41) is 22.7. The molecule has 0 aromatic heterocycles. The third kappa shape index (κ3) is 9.73. The number of benzene rings is 4. The van der Waals surface area contributed by atoms with Gasteiger partial charge in [-0.2, -0.15) is 13.2 Å². The Kier molecular flexibility index (Phi) is 13.2. The van der Waals surface area contributed by atoms with Gasteiger partial charge < -0.3 is 20.3 Å². The molecule has 0 amide bonds. The first-order valence-electron chi connectivity index (χ1n) is 16.4. The van der Waals surface area contributed by atoms with Crippen LogP contribution in [-0.4, -0.2) is 43.1 Å². The molecule has 5 nitrogen and oxygen atoms in total. The Morgan fingerprint density at radius 1 is 0.860 bits per heavy atom. The molecule has 3 N–H and O–H groups in total. The lowest BCUT2D eigenvalue weighted by atomic mass is 9.84. The number of halogens is 4. The van der Waals surface area contributed by atoms with Gasteiger partial charge in [0.05, 0.1) is 29.2 Å². The van der Waals surface area contributed by atoms with Crippen molar-refractivity contribution < 1.29 is 32.9 Å². The van der Waals surface area contributed by atoms with Crippen molar-refractivity contribution in [1.29, 1.82) is 0 Å². The van der Waals surface area contributed by atoms with Crippen molar-refractivity contribution in [3.63, 3.8) is 0 Å². The minimum atomic E-state index is -4.51. The molecule has 4 aromatic carbocycles. The van der Waals surface area contributed by atoms with Crippen LogP contribution < -0.4 is 5.32 Å². The molecular weight excluding hydrogens is 663 g/mol. The number of carboxylic acids is 1. The second-order valence-electron chi connectivity index (χ2n) is 12.7. The fourth-order valence-electron chi connectivity index (χ4n) is 5.60. The van der Waals surface area contributed by atoms with Crippen molar-refractivity contribution in [2.24, 2.45) is 5.41 Å². The zero-order chi connectivity index (χ0) is 36.5. The summed E-state index contributed by atoms with van der Waals surface area (Å²) >= 11 is 6.93. The number of hydrogen-bond donors (Lipinski definition) is 3. The maximum atomic E-state index is 13.9. The molecule has 4 rings (SSSR count). The number of ether oxygens (including phenoxy) is 1. The summed E-state index contributed by atoms with van der Waals surface area (Å²) in [6.07, 6.45) is 3.43. The summed E-state index contributed by atoms with van der Waals surface area (Å²) in [5.74, 6) is -1.02. The van der Waals surface area contributed by atoms with Crippen molar-refractivity contribution >= 4 is 41.9 Å². The Morgan fingerprint density at radius 2 is 1.48 bits per heavy atom. The predicted octanol–water partition coefficient (Wildman–Crippen LogP) is 9.74. The third-order valence-electron chi connectivity index (χ3n) is 8.99. The van der Waals surface area contributed by atoms with Gasteiger partial charge in [0.1, 0.15) is 0 Å². The number of hydrogen-bond acceptors (Lipinski definition) is 4. The zero-order valence-corrected chi connectivity index (χ0v) is 29.5. The Bertz CT molecular complexity index is 1870. The van der Waals surface area contributed by atoms with E-state index in [1.807, 2.05) is 74.5 Å². The van der Waals surface area contributed by atoms with E-state index < -0.39 is 29.7 Å². The summed E-state index contributed by atoms with van der Waals surface area (Å²) < 4.78 is 46.8. The first kappa shape index (κ1) is 38.6. The van der Waals surface area contributed by atoms with Crippen molar-refractivity contribution in [3.8, 4) is 11.1 Å². The number of nitrogens with one attached hydrogen (secondary N) is 1. The summed E-state index contributed by atoms with van der Waals surface area (Å²) in [6, 6.07) is 21.6. The van der Waals surface area contributed by atoms with Gasteiger partial charge in [0, 0.05) is 25.8 Å². The Morgan fingerprint density at radius 3 is 2.16 bits per heavy atom. The van der Waals surface area contributed by atoms with Crippen LogP contribution in [0.25, 0.3) is 35.4 Å². The highest BCUT2D eigenvalue weighted by Crippen LogP contribution is 2.37. The van der Waals surface area contributed by atoms with Gasteiger partial charge in [-0.15, -0.1) is 0 Å². The molecule has 0 saturated carbocycles. The van der Waals surface area contributed by atoms with Crippen LogP contribution in [0.1, 0.15) is 63.4 Å². The van der Waals surface area contributed by atoms with Gasteiger partial charge in [0.15, 0.2) is 0 Å². The molecular formula is C41H43ClF3NO4. The van der Waals surface area contributed by atoms with E-state index in [9.17, 15) is 28.2 Å². The highest BCUT2D eigenvalue weighted by molar-refractivity contribution is 6.35. The second kappa shape index (κ2) is 17.1. The number of alkyl halides is 3. The van der Waals surface area contributed by atoms with E-state index in [0.717, 1.165) is 50.6 Å². The number of aryl methyl sites for hydroxylation is 2. The van der Waals surface area contributed by atoms with E-state index >= 15 is 0 Å². The monoisotopic (exact) mass is 705 g/mol. The van der Waals surface area contributed by atoms with Crippen LogP contribution in [0.5, 0.6) is 0 Å². The summed E-state index contributed by atoms with van der Waals surface area (Å²) in [7, 11) is 1.59. The molecule has 0 aliphatic heterocycles. The van der Waals surface area contributed by atoms with E-state index in [-0.39, 0.29) is 5.56 Å². The first-order chi connectivity index (χ1) is 23.8. The quantitative estimate of drug-likeness (QED) is 0.0848. The van der Waals surface area contributed by atoms with E-state index in [0.29, 0.717) is 43.1 Å². The SMILES string of the molecule is COCCNCc1ccc(C(F)(F)F)c(/C=C/c2cccc(-c3cccc(/C=C/c4cc(CC[C@@](C)(CO)C(=O)O)ccc4C)c3C)c2Cl)c1. The molecule has 264 valence electrons. The van der Waals surface area contributed by atoms with Crippen molar-refractivity contribution in [2.45, 2.75) is 46.3 Å². The van der Waals surface area contributed by atoms with Gasteiger partial charge in [-0.25, -0.2) is 0 Å². The smallest absolute Gasteiger partial charge is 0.416 e. The molecule has 0 aliphatic carbocycles. The fraction of sp³-hybridized carbons (Fsp3) is 0.293. The second-order valence-corrected chi connectivity index (χ2v) is 13.1. The number of methoxy groups -OCH3 is 1. The number of aliphatic hydroxyl groups is 1. The molecule has 0 unspecified atom stereocenters. The number of aliphatic carboxylic acids is 1. The minimum Gasteiger partial charge on any atom is -0.481 e. The molecule has 0 radical (unpaired) electrons. The molecule has 50 heavy (non-hydrogen) atoms. The highest BCUT2D eigenvalue weighted by Gasteiger charge is 2.33. The van der Waals surface area contributed by atoms with Gasteiger partial charge >= 0.3 is 12.1 Å². The van der Waals surface area contributed by atoms with Crippen LogP contribution in [0.3, 0.4) is 0 Å². The molecule has 0 saturated heterocycles. The van der Waals surface area contributed by atoms with Gasteiger partial charge in [-0.1, -0.05) is 96.6 Å². The van der Waals surface area contributed by atoms with E-state index in [1.165, 1.54) is 18.2 Å². The fourth-order valence-corrected chi connectivity index (χ4v) is 5.89. The minimum absolute atomic E-state index is 0.0528. The molecule has 0 aliphatic rings. The standard InChI is InChI=1S/C41H43ClF3NO4/c1-27-11-12-29(19-20-40(3,26-47)39(48)49)23-33(27)16-14-31-7-5-9-35(28(31)2)36-10-6-8-32(38(36)42)15-17-34-24-30(25-46-21-22-50-4)13-18-37(34)41(43,44)45/h5-18,23-24,46-47H,19-22,25-26H2,1-4H3,(H,48,49)/b16-14+,17-15+/t40-/m0/s1. The number of aliphatic hydroxyl groups excluding tert-OH is 1. The average Bonchev–Trinajstić information content (AvgIpc) is 3.08. The zero-order valence-electron chi connectivity index (χ0n) is 28.7. The largest absolute Gasteiger partial charge is 0.481 e. The van der Waals surface area contributed by atoms with Crippen LogP contribution in [0, 0.1) is 19.3 Å². The van der Waals surface area contributed by atoms with Crippen LogP contribution >= 0.6 is 11.6 Å². The van der Waals surface area contributed by atoms with Crippen molar-refractivity contribution in [3.05, 3.63) is 128 Å². The van der Waals surface area contributed by atoms with Crippen molar-refractivity contribution in [2.75, 3.05) is 26.9 Å². The maximum absolute atomic E-state index is 13.9. The Labute approximate surface area is 297 Å². The molecule has 0 fully saturated rings. The number of carboxylic acid groups (broad SMARTS) is 1. The summed E-state index contributed by atoms with van der Waals surface area (Å²) in [5.41, 5.74) is 6.08. The van der Waals surface area contributed by atoms with Crippen LogP contribution in [-0.2, 0) is 28.7 Å². The van der Waals surface area contributed by atoms with Crippen molar-refractivity contribution in [1.82, 2.24) is 5.32 Å². The molecule has 0 bridgehead atoms. The third-order valence-corrected chi connectivity index (χ3v) is 9.41. The van der Waals surface area contributed by atoms with Gasteiger partial charge in [0.25, 0.3) is 0 Å². The highest BCUT2D eigenvalue weighted by atomic mass is 35.5. The van der Waals surface area contributed by atoms with Crippen LogP contribution in [0.4, 0.5) is 13.2 Å². The average molecular weight is 706 g/mol. The van der Waals surface area contributed by atoms with E-state index in [2.05, 4.69) is 5.32 Å². The summed E-state index contributed by atoms with van der Waals surface area (Å²) in [6.45, 7) is 6.61. The van der Waals surface area contributed by atoms with Gasteiger partial charge in [-0.3, -0.25) is 4.79 Å². The molecule has 9 heteroatoms. The topological polar surface area (TPSA) is 78.8 Å². The Balaban J connectivity index is 1.60. The van der Waals surface area contributed by atoms with E-state index in [1.54, 1.807) is 26.2 Å². The molecule has 1 atom stereocenters. The maximum Gasteiger partial charge on any atom is 0.416 e. The first-order valence-corrected chi connectivity index (χ1v) is 16.7. The lowest BCUT2D eigenvalue weighted by molar-refractivity contribution is -0.150. The summed E-state index contributed by atoms with van der Waals surface area (Å²) in [4.78, 5) is 11.6. The van der Waals surface area contributed by atoms with Gasteiger partial charge in [0.2, 0.25) is 0 Å². The van der Waals surface area contributed by atoms with Crippen LogP contribution in [0.15, 0.2) is 72.8 Å². The van der Waals surface area contributed by atoms with Crippen LogP contribution in [0.2, 0.25) is 5.02 Å². The predicted molar refractivity (Wildman–Crippen MR) is 197 cm³/mol. The lowest BCUT2D eigenvalue weighted by Crippen LogP contribution is -2.32. The molecule has 0 spiro atoms. The number of rotatable bonds is 15. The van der Waals surface area contributed by atoms with E-state index in [4.69, 9.17) is 16.3 Å². The molecule has 0 heterocycles. The molecule has 4 aromatic rings.